The standard InChI is InChI=1S/C20H25N/c1-5-7-8-18-14-20(12-10-16(18)4)21-19-11-9-15(3)17(6-2)13-19/h6,9-14,21H,2,5,7-8H2,1,3-4H3. The number of anilines is 2. The number of hydrogen-bond donors (Lipinski definition) is 1. The molecule has 0 fully saturated rings. The van der Waals surface area contributed by atoms with Gasteiger partial charge in [0, 0.05) is 11.4 Å². The van der Waals surface area contributed by atoms with Crippen molar-refractivity contribution in [2.75, 3.05) is 5.32 Å². The molecule has 0 bridgehead atoms. The Labute approximate surface area is 128 Å². The predicted molar refractivity (Wildman–Crippen MR) is 94.3 cm³/mol. The first-order valence-corrected chi connectivity index (χ1v) is 7.73. The SMILES string of the molecule is C=Cc1cc(Nc2ccc(C)c(CCCC)c2)ccc1C. The summed E-state index contributed by atoms with van der Waals surface area (Å²) in [6.45, 7) is 10.4. The van der Waals surface area contributed by atoms with Crippen molar-refractivity contribution < 1.29 is 0 Å². The molecule has 0 aliphatic rings. The molecule has 2 rings (SSSR count). The Morgan fingerprint density at radius 2 is 1.67 bits per heavy atom. The van der Waals surface area contributed by atoms with E-state index in [0.29, 0.717) is 0 Å². The van der Waals surface area contributed by atoms with Crippen molar-refractivity contribution in [2.24, 2.45) is 0 Å². The zero-order valence-corrected chi connectivity index (χ0v) is 13.4. The fraction of sp³-hybridized carbons (Fsp3) is 0.300. The summed E-state index contributed by atoms with van der Waals surface area (Å²) in [6, 6.07) is 13.0. The third kappa shape index (κ3) is 3.98. The molecule has 0 saturated carbocycles. The Kier molecular flexibility index (Phi) is 5.21. The molecule has 0 heterocycles. The first-order valence-electron chi connectivity index (χ1n) is 7.73. The maximum atomic E-state index is 3.87. The lowest BCUT2D eigenvalue weighted by molar-refractivity contribution is 0.791. The van der Waals surface area contributed by atoms with Crippen molar-refractivity contribution in [1.82, 2.24) is 0 Å². The number of hydrogen-bond acceptors (Lipinski definition) is 1. The topological polar surface area (TPSA) is 12.0 Å². The van der Waals surface area contributed by atoms with Gasteiger partial charge >= 0.3 is 0 Å². The molecule has 0 aliphatic heterocycles. The molecule has 1 N–H and O–H groups in total. The predicted octanol–water partition coefficient (Wildman–Crippen LogP) is 6.03. The quantitative estimate of drug-likeness (QED) is 0.680. The van der Waals surface area contributed by atoms with Gasteiger partial charge in [0.25, 0.3) is 0 Å². The Morgan fingerprint density at radius 3 is 2.33 bits per heavy atom. The number of rotatable bonds is 6. The molecular formula is C20H25N. The van der Waals surface area contributed by atoms with Crippen LogP contribution in [-0.4, -0.2) is 0 Å². The minimum Gasteiger partial charge on any atom is -0.356 e. The minimum atomic E-state index is 1.11. The highest BCUT2D eigenvalue weighted by atomic mass is 14.9. The molecular weight excluding hydrogens is 254 g/mol. The molecule has 0 saturated heterocycles. The van der Waals surface area contributed by atoms with E-state index in [1.54, 1.807) is 0 Å². The lowest BCUT2D eigenvalue weighted by Gasteiger charge is -2.12. The molecule has 21 heavy (non-hydrogen) atoms. The van der Waals surface area contributed by atoms with E-state index in [1.807, 2.05) is 6.08 Å². The number of benzene rings is 2. The molecule has 1 heteroatoms. The van der Waals surface area contributed by atoms with Crippen LogP contribution in [0.2, 0.25) is 0 Å². The van der Waals surface area contributed by atoms with Crippen LogP contribution in [0.1, 0.15) is 42.0 Å². The lowest BCUT2D eigenvalue weighted by Crippen LogP contribution is -1.95. The van der Waals surface area contributed by atoms with Gasteiger partial charge in [-0.15, -0.1) is 0 Å². The molecule has 0 amide bonds. The van der Waals surface area contributed by atoms with Crippen LogP contribution in [0.4, 0.5) is 11.4 Å². The Bertz CT molecular complexity index is 626. The van der Waals surface area contributed by atoms with E-state index in [0.717, 1.165) is 17.8 Å². The van der Waals surface area contributed by atoms with Gasteiger partial charge in [-0.05, 0) is 73.2 Å². The third-order valence-electron chi connectivity index (χ3n) is 3.94. The summed E-state index contributed by atoms with van der Waals surface area (Å²) >= 11 is 0. The smallest absolute Gasteiger partial charge is 0.0390 e. The fourth-order valence-electron chi connectivity index (χ4n) is 2.49. The highest BCUT2D eigenvalue weighted by molar-refractivity contribution is 5.66. The Balaban J connectivity index is 2.21. The van der Waals surface area contributed by atoms with Crippen molar-refractivity contribution in [2.45, 2.75) is 40.0 Å². The van der Waals surface area contributed by atoms with Gasteiger partial charge in [-0.1, -0.05) is 38.1 Å². The Hall–Kier alpha value is -2.02. The average Bonchev–Trinajstić information content (AvgIpc) is 2.49. The summed E-state index contributed by atoms with van der Waals surface area (Å²) in [7, 11) is 0. The second-order valence-electron chi connectivity index (χ2n) is 5.65. The second-order valence-corrected chi connectivity index (χ2v) is 5.65. The van der Waals surface area contributed by atoms with Crippen molar-refractivity contribution in [3.05, 3.63) is 65.2 Å². The summed E-state index contributed by atoms with van der Waals surface area (Å²) in [6.07, 6.45) is 5.54. The lowest BCUT2D eigenvalue weighted by atomic mass is 10.0. The van der Waals surface area contributed by atoms with E-state index >= 15 is 0 Å². The molecule has 0 aromatic heterocycles. The largest absolute Gasteiger partial charge is 0.356 e. The zero-order chi connectivity index (χ0) is 15.2. The second kappa shape index (κ2) is 7.12. The van der Waals surface area contributed by atoms with Crippen molar-refractivity contribution >= 4 is 17.5 Å². The van der Waals surface area contributed by atoms with Gasteiger partial charge in [-0.25, -0.2) is 0 Å². The van der Waals surface area contributed by atoms with Gasteiger partial charge in [-0.2, -0.15) is 0 Å². The van der Waals surface area contributed by atoms with E-state index in [9.17, 15) is 0 Å². The number of aryl methyl sites for hydroxylation is 3. The average molecular weight is 279 g/mol. The molecule has 2 aromatic rings. The van der Waals surface area contributed by atoms with E-state index in [2.05, 4.69) is 69.1 Å². The van der Waals surface area contributed by atoms with Crippen LogP contribution in [0.15, 0.2) is 43.0 Å². The van der Waals surface area contributed by atoms with Crippen LogP contribution < -0.4 is 5.32 Å². The summed E-state index contributed by atoms with van der Waals surface area (Å²) in [5.74, 6) is 0. The summed E-state index contributed by atoms with van der Waals surface area (Å²) < 4.78 is 0. The van der Waals surface area contributed by atoms with Gasteiger partial charge in [0.1, 0.15) is 0 Å². The van der Waals surface area contributed by atoms with Gasteiger partial charge in [0.15, 0.2) is 0 Å². The summed E-state index contributed by atoms with van der Waals surface area (Å²) in [5, 5.41) is 3.50. The van der Waals surface area contributed by atoms with Crippen LogP contribution in [-0.2, 0) is 6.42 Å². The number of unbranched alkanes of at least 4 members (excludes halogenated alkanes) is 1. The van der Waals surface area contributed by atoms with E-state index in [1.165, 1.54) is 35.1 Å². The molecule has 1 nitrogen and oxygen atoms in total. The fourth-order valence-corrected chi connectivity index (χ4v) is 2.49. The molecule has 110 valence electrons. The summed E-state index contributed by atoms with van der Waals surface area (Å²) in [5.41, 5.74) is 7.52. The maximum absolute atomic E-state index is 3.87. The van der Waals surface area contributed by atoms with E-state index in [4.69, 9.17) is 0 Å². The van der Waals surface area contributed by atoms with E-state index < -0.39 is 0 Å². The van der Waals surface area contributed by atoms with Gasteiger partial charge in [-0.3, -0.25) is 0 Å². The molecule has 0 aliphatic carbocycles. The molecule has 0 spiro atoms. The molecule has 2 aromatic carbocycles. The normalized spacial score (nSPS) is 10.4. The van der Waals surface area contributed by atoms with Crippen LogP contribution in [0, 0.1) is 13.8 Å². The highest BCUT2D eigenvalue weighted by Gasteiger charge is 2.02. The summed E-state index contributed by atoms with van der Waals surface area (Å²) in [4.78, 5) is 0. The van der Waals surface area contributed by atoms with Gasteiger partial charge < -0.3 is 5.32 Å². The van der Waals surface area contributed by atoms with Crippen molar-refractivity contribution in [3.63, 3.8) is 0 Å². The van der Waals surface area contributed by atoms with E-state index in [-0.39, 0.29) is 0 Å². The van der Waals surface area contributed by atoms with Gasteiger partial charge in [0.05, 0.1) is 0 Å². The molecule has 0 unspecified atom stereocenters. The highest BCUT2D eigenvalue weighted by Crippen LogP contribution is 2.23. The molecule has 0 atom stereocenters. The van der Waals surface area contributed by atoms with Gasteiger partial charge in [0.2, 0.25) is 0 Å². The molecule has 0 radical (unpaired) electrons. The van der Waals surface area contributed by atoms with Crippen LogP contribution in [0.3, 0.4) is 0 Å². The first-order chi connectivity index (χ1) is 10.1. The third-order valence-corrected chi connectivity index (χ3v) is 3.94. The maximum Gasteiger partial charge on any atom is 0.0390 e. The first kappa shape index (κ1) is 15.4. The Morgan fingerprint density at radius 1 is 1.00 bits per heavy atom. The minimum absolute atomic E-state index is 1.11. The van der Waals surface area contributed by atoms with Crippen LogP contribution >= 0.6 is 0 Å². The monoisotopic (exact) mass is 279 g/mol. The van der Waals surface area contributed by atoms with Crippen molar-refractivity contribution in [3.8, 4) is 0 Å². The zero-order valence-electron chi connectivity index (χ0n) is 13.4. The number of nitrogens with one attached hydrogen (secondary N) is 1. The van der Waals surface area contributed by atoms with Crippen LogP contribution in [0.5, 0.6) is 0 Å². The van der Waals surface area contributed by atoms with Crippen molar-refractivity contribution in [1.29, 1.82) is 0 Å². The van der Waals surface area contributed by atoms with Crippen LogP contribution in [0.25, 0.3) is 6.08 Å².